The zero-order chi connectivity index (χ0) is 22.4. The van der Waals surface area contributed by atoms with Gasteiger partial charge in [0, 0.05) is 11.5 Å². The Morgan fingerprint density at radius 2 is 1.57 bits per heavy atom. The van der Waals surface area contributed by atoms with Crippen molar-refractivity contribution < 1.29 is 4.39 Å². The first kappa shape index (κ1) is 23.3. The molecule has 2 aromatic rings. The molecule has 30 heavy (non-hydrogen) atoms. The number of aryl methyl sites for hydroxylation is 3. The second-order valence-corrected chi connectivity index (χ2v) is 7.97. The molecule has 0 saturated carbocycles. The molecular formula is C29H33F. The Morgan fingerprint density at radius 1 is 0.967 bits per heavy atom. The van der Waals surface area contributed by atoms with Crippen LogP contribution in [0.4, 0.5) is 4.39 Å². The molecule has 1 unspecified atom stereocenters. The molecule has 0 fully saturated rings. The molecule has 2 rings (SSSR count). The Kier molecular flexibility index (Phi) is 7.94. The van der Waals surface area contributed by atoms with E-state index >= 15 is 4.39 Å². The lowest BCUT2D eigenvalue weighted by atomic mass is 9.84. The molecule has 0 aliphatic carbocycles. The molecule has 1 atom stereocenters. The van der Waals surface area contributed by atoms with Gasteiger partial charge in [0.25, 0.3) is 0 Å². The summed E-state index contributed by atoms with van der Waals surface area (Å²) in [6.45, 7) is 22.3. The Bertz CT molecular complexity index is 1010. The van der Waals surface area contributed by atoms with Gasteiger partial charge < -0.3 is 0 Å². The van der Waals surface area contributed by atoms with Crippen LogP contribution in [0.15, 0.2) is 91.1 Å². The second-order valence-electron chi connectivity index (χ2n) is 7.97. The minimum absolute atomic E-state index is 0.221. The minimum atomic E-state index is -0.221. The highest BCUT2D eigenvalue weighted by Gasteiger charge is 2.19. The molecule has 1 heteroatoms. The molecule has 156 valence electrons. The van der Waals surface area contributed by atoms with E-state index in [9.17, 15) is 0 Å². The van der Waals surface area contributed by atoms with Gasteiger partial charge in [-0.15, -0.1) is 0 Å². The zero-order valence-corrected chi connectivity index (χ0v) is 19.0. The normalized spacial score (nSPS) is 13.1. The summed E-state index contributed by atoms with van der Waals surface area (Å²) in [7, 11) is 0. The highest BCUT2D eigenvalue weighted by Crippen LogP contribution is 2.36. The molecule has 0 aromatic heterocycles. The summed E-state index contributed by atoms with van der Waals surface area (Å²) in [4.78, 5) is 0. The molecule has 0 N–H and O–H groups in total. The van der Waals surface area contributed by atoms with Gasteiger partial charge in [0.15, 0.2) is 0 Å². The van der Waals surface area contributed by atoms with Gasteiger partial charge in [-0.05, 0) is 67.5 Å². The van der Waals surface area contributed by atoms with Crippen molar-refractivity contribution >= 4 is 5.57 Å². The fourth-order valence-electron chi connectivity index (χ4n) is 3.68. The van der Waals surface area contributed by atoms with E-state index in [4.69, 9.17) is 0 Å². The monoisotopic (exact) mass is 400 g/mol. The first-order valence-electron chi connectivity index (χ1n) is 10.4. The molecule has 0 radical (unpaired) electrons. The van der Waals surface area contributed by atoms with E-state index in [1.807, 2.05) is 26.0 Å². The van der Waals surface area contributed by atoms with Crippen molar-refractivity contribution in [1.29, 1.82) is 0 Å². The third kappa shape index (κ3) is 5.16. The molecule has 0 nitrogen and oxygen atoms in total. The van der Waals surface area contributed by atoms with Gasteiger partial charge in [0.2, 0.25) is 0 Å². The number of rotatable bonds is 8. The van der Waals surface area contributed by atoms with Crippen LogP contribution in [0.3, 0.4) is 0 Å². The molecule has 0 bridgehead atoms. The predicted octanol–water partition coefficient (Wildman–Crippen LogP) is 8.57. The van der Waals surface area contributed by atoms with Gasteiger partial charge in [0.05, 0.1) is 0 Å². The van der Waals surface area contributed by atoms with Crippen LogP contribution in [-0.2, 0) is 0 Å². The van der Waals surface area contributed by atoms with E-state index in [1.165, 1.54) is 11.1 Å². The van der Waals surface area contributed by atoms with E-state index in [1.54, 1.807) is 19.1 Å². The standard InChI is InChI=1S/C29H33F/c1-9-11-26(23(8)28-21(6)14-15-22(7)29(28)30)27(19(3)4)18-24(10-2)25-16-12-20(5)13-17-25/h9,11-18,24H,1,3,8,10H2,2,4-7H3/b26-11-,27-18+. The van der Waals surface area contributed by atoms with Crippen molar-refractivity contribution in [3.05, 3.63) is 125 Å². The topological polar surface area (TPSA) is 0 Å². The molecule has 0 aliphatic rings. The second kappa shape index (κ2) is 10.2. The highest BCUT2D eigenvalue weighted by atomic mass is 19.1. The van der Waals surface area contributed by atoms with Gasteiger partial charge in [-0.3, -0.25) is 0 Å². The van der Waals surface area contributed by atoms with E-state index in [-0.39, 0.29) is 11.7 Å². The van der Waals surface area contributed by atoms with Crippen LogP contribution in [0.25, 0.3) is 5.57 Å². The lowest BCUT2D eigenvalue weighted by Crippen LogP contribution is -2.03. The van der Waals surface area contributed by atoms with Crippen LogP contribution in [0.5, 0.6) is 0 Å². The molecule has 2 aromatic carbocycles. The van der Waals surface area contributed by atoms with Crippen LogP contribution in [0.2, 0.25) is 0 Å². The lowest BCUT2D eigenvalue weighted by Gasteiger charge is -2.21. The van der Waals surface area contributed by atoms with E-state index in [0.717, 1.165) is 28.7 Å². The Morgan fingerprint density at radius 3 is 2.10 bits per heavy atom. The molecule has 0 aliphatic heterocycles. The summed E-state index contributed by atoms with van der Waals surface area (Å²) in [5, 5.41) is 0. The maximum absolute atomic E-state index is 15.1. The Balaban J connectivity index is 2.63. The van der Waals surface area contributed by atoms with Crippen LogP contribution in [0, 0.1) is 26.6 Å². The van der Waals surface area contributed by atoms with Crippen LogP contribution in [0.1, 0.15) is 54.0 Å². The quantitative estimate of drug-likeness (QED) is 0.389. The minimum Gasteiger partial charge on any atom is -0.206 e. The first-order chi connectivity index (χ1) is 14.2. The summed E-state index contributed by atoms with van der Waals surface area (Å²) >= 11 is 0. The zero-order valence-electron chi connectivity index (χ0n) is 19.0. The highest BCUT2D eigenvalue weighted by molar-refractivity contribution is 5.86. The van der Waals surface area contributed by atoms with Gasteiger partial charge >= 0.3 is 0 Å². The van der Waals surface area contributed by atoms with Crippen molar-refractivity contribution in [3.63, 3.8) is 0 Å². The third-order valence-corrected chi connectivity index (χ3v) is 5.52. The summed E-state index contributed by atoms with van der Waals surface area (Å²) < 4.78 is 15.1. The maximum Gasteiger partial charge on any atom is 0.134 e. The average Bonchev–Trinajstić information content (AvgIpc) is 2.71. The largest absolute Gasteiger partial charge is 0.206 e. The number of benzene rings is 2. The van der Waals surface area contributed by atoms with Crippen LogP contribution in [-0.4, -0.2) is 0 Å². The van der Waals surface area contributed by atoms with Crippen LogP contribution < -0.4 is 0 Å². The number of halogens is 1. The average molecular weight is 401 g/mol. The molecule has 0 heterocycles. The molecular weight excluding hydrogens is 367 g/mol. The summed E-state index contributed by atoms with van der Waals surface area (Å²) in [5.41, 5.74) is 7.93. The van der Waals surface area contributed by atoms with Gasteiger partial charge in [-0.1, -0.05) is 92.4 Å². The van der Waals surface area contributed by atoms with Gasteiger partial charge in [-0.2, -0.15) is 0 Å². The van der Waals surface area contributed by atoms with Crippen molar-refractivity contribution in [1.82, 2.24) is 0 Å². The molecule has 0 amide bonds. The Labute approximate surface area is 181 Å². The molecule has 0 saturated heterocycles. The summed E-state index contributed by atoms with van der Waals surface area (Å²) in [5.74, 6) is 0.00312. The third-order valence-electron chi connectivity index (χ3n) is 5.52. The van der Waals surface area contributed by atoms with Crippen molar-refractivity contribution in [2.75, 3.05) is 0 Å². The summed E-state index contributed by atoms with van der Waals surface area (Å²) in [6, 6.07) is 12.4. The number of hydrogen-bond donors (Lipinski definition) is 0. The van der Waals surface area contributed by atoms with Crippen molar-refractivity contribution in [3.8, 4) is 0 Å². The first-order valence-corrected chi connectivity index (χ1v) is 10.4. The van der Waals surface area contributed by atoms with E-state index < -0.39 is 0 Å². The fourth-order valence-corrected chi connectivity index (χ4v) is 3.68. The van der Waals surface area contributed by atoms with Crippen molar-refractivity contribution in [2.45, 2.75) is 47.0 Å². The lowest BCUT2D eigenvalue weighted by molar-refractivity contribution is 0.613. The van der Waals surface area contributed by atoms with E-state index in [0.29, 0.717) is 16.7 Å². The number of allylic oxidation sites excluding steroid dienone is 7. The van der Waals surface area contributed by atoms with Gasteiger partial charge in [-0.25, -0.2) is 4.39 Å². The predicted molar refractivity (Wildman–Crippen MR) is 130 cm³/mol. The molecule has 0 spiro atoms. The van der Waals surface area contributed by atoms with Crippen molar-refractivity contribution in [2.24, 2.45) is 0 Å². The maximum atomic E-state index is 15.1. The SMILES string of the molecule is C=C/C=C(C(=C)c1c(C)ccc(C)c1F)\C(=C\C(CC)c1ccc(C)cc1)C(=C)C. The fraction of sp³-hybridized carbons (Fsp3) is 0.241. The summed E-state index contributed by atoms with van der Waals surface area (Å²) in [6.07, 6.45) is 6.82. The van der Waals surface area contributed by atoms with E-state index in [2.05, 4.69) is 63.9 Å². The van der Waals surface area contributed by atoms with Gasteiger partial charge in [0.1, 0.15) is 5.82 Å². The smallest absolute Gasteiger partial charge is 0.134 e. The van der Waals surface area contributed by atoms with Crippen LogP contribution >= 0.6 is 0 Å². The number of hydrogen-bond acceptors (Lipinski definition) is 0. The Hall–Kier alpha value is -2.93.